The van der Waals surface area contributed by atoms with E-state index in [1.54, 1.807) is 0 Å². The first-order chi connectivity index (χ1) is 16.6. The predicted octanol–water partition coefficient (Wildman–Crippen LogP) is 4.60. The second-order valence-corrected chi connectivity index (χ2v) is 12.3. The number of rotatable bonds is 7. The molecule has 0 bridgehead atoms. The molecule has 2 amide bonds. The Kier molecular flexibility index (Phi) is 9.30. The molecule has 2 saturated carbocycles. The van der Waals surface area contributed by atoms with E-state index in [-0.39, 0.29) is 41.5 Å². The summed E-state index contributed by atoms with van der Waals surface area (Å²) < 4.78 is 0. The van der Waals surface area contributed by atoms with Crippen LogP contribution in [0.15, 0.2) is 21.9 Å². The molecule has 34 heavy (non-hydrogen) atoms. The lowest BCUT2D eigenvalue weighted by Gasteiger charge is -2.34. The minimum atomic E-state index is -0.200. The van der Waals surface area contributed by atoms with Crippen LogP contribution in [0.5, 0.6) is 0 Å². The first-order valence-corrected chi connectivity index (χ1v) is 15.1. The van der Waals surface area contributed by atoms with Crippen LogP contribution in [0.3, 0.4) is 0 Å². The maximum Gasteiger partial charge on any atom is 0.249 e. The Balaban J connectivity index is 1.48. The van der Waals surface area contributed by atoms with Gasteiger partial charge in [0, 0.05) is 29.3 Å². The van der Waals surface area contributed by atoms with Crippen LogP contribution in [0.4, 0.5) is 0 Å². The normalized spacial score (nSPS) is 26.7. The average molecular weight is 503 g/mol. The van der Waals surface area contributed by atoms with Gasteiger partial charge in [0.2, 0.25) is 11.8 Å². The number of hydrogen-bond donors (Lipinski definition) is 3. The Morgan fingerprint density at radius 1 is 1.03 bits per heavy atom. The van der Waals surface area contributed by atoms with E-state index in [0.717, 1.165) is 72.8 Å². The third-order valence-electron chi connectivity index (χ3n) is 7.63. The van der Waals surface area contributed by atoms with Crippen LogP contribution in [-0.2, 0) is 9.59 Å². The van der Waals surface area contributed by atoms with Gasteiger partial charge in [-0.2, -0.15) is 17.0 Å². The van der Waals surface area contributed by atoms with Crippen LogP contribution in [0.2, 0.25) is 0 Å². The molecule has 0 aromatic carbocycles. The fourth-order valence-corrected chi connectivity index (χ4v) is 8.03. The molecule has 2 unspecified atom stereocenters. The van der Waals surface area contributed by atoms with Crippen molar-refractivity contribution in [1.82, 2.24) is 16.0 Å². The summed E-state index contributed by atoms with van der Waals surface area (Å²) in [7, 11) is 0. The predicted molar refractivity (Wildman–Crippen MR) is 140 cm³/mol. The molecule has 2 aliphatic heterocycles. The smallest absolute Gasteiger partial charge is 0.249 e. The standard InChI is InChI=1S/C26H38N4O2S2/c1-17-23(25(32)30-20-10-6-3-7-11-20)24(18-12-13-33-15-18)21(14-27)26(28-17)34-16-22(31)29-19-8-4-2-5-9-19/h18-20,24,28H,2-13,15-16H2,1H3,(H,29,31)(H,30,32). The van der Waals surface area contributed by atoms with E-state index >= 15 is 0 Å². The van der Waals surface area contributed by atoms with Gasteiger partial charge in [0.15, 0.2) is 0 Å². The number of carbonyl (C=O) groups excluding carboxylic acids is 2. The molecule has 2 aliphatic carbocycles. The number of thioether (sulfide) groups is 2. The molecule has 0 aromatic heterocycles. The van der Waals surface area contributed by atoms with Crippen molar-refractivity contribution in [1.29, 1.82) is 5.26 Å². The van der Waals surface area contributed by atoms with Gasteiger partial charge in [-0.3, -0.25) is 9.59 Å². The summed E-state index contributed by atoms with van der Waals surface area (Å²) in [5.41, 5.74) is 2.18. The van der Waals surface area contributed by atoms with E-state index in [1.807, 2.05) is 18.7 Å². The highest BCUT2D eigenvalue weighted by atomic mass is 32.2. The Morgan fingerprint density at radius 2 is 1.68 bits per heavy atom. The Morgan fingerprint density at radius 3 is 2.26 bits per heavy atom. The van der Waals surface area contributed by atoms with Crippen LogP contribution < -0.4 is 16.0 Å². The van der Waals surface area contributed by atoms with Crippen molar-refractivity contribution < 1.29 is 9.59 Å². The molecule has 8 heteroatoms. The molecular weight excluding hydrogens is 464 g/mol. The van der Waals surface area contributed by atoms with Gasteiger partial charge >= 0.3 is 0 Å². The minimum absolute atomic E-state index is 0.0226. The summed E-state index contributed by atoms with van der Waals surface area (Å²) in [5, 5.41) is 20.7. The first-order valence-electron chi connectivity index (χ1n) is 13.0. The Bertz CT molecular complexity index is 861. The fraction of sp³-hybridized carbons (Fsp3) is 0.731. The summed E-state index contributed by atoms with van der Waals surface area (Å²) >= 11 is 3.30. The van der Waals surface area contributed by atoms with Gasteiger partial charge < -0.3 is 16.0 Å². The van der Waals surface area contributed by atoms with Crippen molar-refractivity contribution in [2.24, 2.45) is 11.8 Å². The highest BCUT2D eigenvalue weighted by Crippen LogP contribution is 2.43. The van der Waals surface area contributed by atoms with Crippen molar-refractivity contribution in [3.8, 4) is 6.07 Å². The number of nitrogens with one attached hydrogen (secondary N) is 3. The van der Waals surface area contributed by atoms with Crippen molar-refractivity contribution in [3.63, 3.8) is 0 Å². The van der Waals surface area contributed by atoms with Crippen LogP contribution in [-0.4, -0.2) is 41.2 Å². The number of carbonyl (C=O) groups is 2. The van der Waals surface area contributed by atoms with Crippen LogP contribution in [0.1, 0.15) is 77.6 Å². The summed E-state index contributed by atoms with van der Waals surface area (Å²) in [4.78, 5) is 26.1. The minimum Gasteiger partial charge on any atom is -0.353 e. The molecule has 3 fully saturated rings. The molecule has 0 aromatic rings. The lowest BCUT2D eigenvalue weighted by atomic mass is 9.77. The van der Waals surface area contributed by atoms with Crippen molar-refractivity contribution in [2.45, 2.75) is 89.6 Å². The monoisotopic (exact) mass is 502 g/mol. The number of nitriles is 1. The SMILES string of the molecule is CC1=C(C(=O)NC2CCCCC2)C(C2CCSC2)C(C#N)=C(SCC(=O)NC2CCCCC2)N1. The van der Waals surface area contributed by atoms with Gasteiger partial charge in [0.25, 0.3) is 0 Å². The van der Waals surface area contributed by atoms with Crippen molar-refractivity contribution >= 4 is 35.3 Å². The Labute approximate surface area is 212 Å². The van der Waals surface area contributed by atoms with E-state index in [0.29, 0.717) is 5.57 Å². The number of nitrogens with zero attached hydrogens (tertiary/aromatic N) is 1. The number of dihydropyridines is 1. The fourth-order valence-electron chi connectivity index (χ4n) is 5.82. The van der Waals surface area contributed by atoms with Crippen molar-refractivity contribution in [3.05, 3.63) is 21.9 Å². The van der Waals surface area contributed by atoms with E-state index in [9.17, 15) is 14.9 Å². The molecule has 0 spiro atoms. The highest BCUT2D eigenvalue weighted by Gasteiger charge is 2.40. The number of allylic oxidation sites excluding steroid dienone is 2. The summed E-state index contributed by atoms with van der Waals surface area (Å²) in [5.74, 6) is 2.39. The third-order valence-corrected chi connectivity index (χ3v) is 9.84. The van der Waals surface area contributed by atoms with Gasteiger partial charge in [-0.15, -0.1) is 0 Å². The molecule has 3 N–H and O–H groups in total. The molecule has 2 atom stereocenters. The highest BCUT2D eigenvalue weighted by molar-refractivity contribution is 8.03. The quantitative estimate of drug-likeness (QED) is 0.471. The molecule has 4 aliphatic rings. The molecule has 4 rings (SSSR count). The number of hydrogen-bond acceptors (Lipinski definition) is 6. The van der Waals surface area contributed by atoms with E-state index in [4.69, 9.17) is 0 Å². The largest absolute Gasteiger partial charge is 0.353 e. The maximum atomic E-state index is 13.5. The van der Waals surface area contributed by atoms with E-state index < -0.39 is 0 Å². The lowest BCUT2D eigenvalue weighted by Crippen LogP contribution is -2.42. The zero-order chi connectivity index (χ0) is 23.9. The first kappa shape index (κ1) is 25.5. The Hall–Kier alpha value is -1.59. The maximum absolute atomic E-state index is 13.5. The van der Waals surface area contributed by atoms with Gasteiger partial charge in [-0.05, 0) is 56.5 Å². The van der Waals surface area contributed by atoms with Crippen LogP contribution in [0.25, 0.3) is 0 Å². The molecule has 6 nitrogen and oxygen atoms in total. The second-order valence-electron chi connectivity index (χ2n) is 10.1. The van der Waals surface area contributed by atoms with Crippen LogP contribution in [0, 0.1) is 23.2 Å². The molecule has 0 radical (unpaired) electrons. The van der Waals surface area contributed by atoms with Gasteiger partial charge in [0.1, 0.15) is 0 Å². The van der Waals surface area contributed by atoms with Crippen molar-refractivity contribution in [2.75, 3.05) is 17.3 Å². The summed E-state index contributed by atoms with van der Waals surface area (Å²) in [6.07, 6.45) is 12.4. The molecule has 186 valence electrons. The van der Waals surface area contributed by atoms with Gasteiger partial charge in [-0.25, -0.2) is 0 Å². The zero-order valence-corrected chi connectivity index (χ0v) is 21.9. The van der Waals surface area contributed by atoms with Crippen LogP contribution >= 0.6 is 23.5 Å². The molecular formula is C26H38N4O2S2. The van der Waals surface area contributed by atoms with E-state index in [1.165, 1.54) is 37.4 Å². The zero-order valence-electron chi connectivity index (χ0n) is 20.3. The van der Waals surface area contributed by atoms with E-state index in [2.05, 4.69) is 22.0 Å². The van der Waals surface area contributed by atoms with Gasteiger partial charge in [0.05, 0.1) is 22.4 Å². The topological polar surface area (TPSA) is 94.0 Å². The summed E-state index contributed by atoms with van der Waals surface area (Å²) in [6, 6.07) is 2.95. The average Bonchev–Trinajstić information content (AvgIpc) is 3.38. The molecule has 1 saturated heterocycles. The molecule has 2 heterocycles. The summed E-state index contributed by atoms with van der Waals surface area (Å²) in [6.45, 7) is 1.95. The van der Waals surface area contributed by atoms with Gasteiger partial charge in [-0.1, -0.05) is 50.3 Å². The second kappa shape index (κ2) is 12.4. The lowest BCUT2D eigenvalue weighted by molar-refractivity contribution is -0.120. The third kappa shape index (κ3) is 6.34. The number of amides is 2.